The lowest BCUT2D eigenvalue weighted by atomic mass is 9.92. The summed E-state index contributed by atoms with van der Waals surface area (Å²) in [7, 11) is 0. The number of benzene rings is 5. The van der Waals surface area contributed by atoms with Crippen LogP contribution in [0, 0.1) is 0 Å². The quantitative estimate of drug-likeness (QED) is 0.256. The molecule has 2 nitrogen and oxygen atoms in total. The fraction of sp³-hybridized carbons (Fsp3) is 0.0882. The number of ketones is 1. The molecule has 0 saturated carbocycles. The Bertz CT molecular complexity index is 1520. The normalized spacial score (nSPS) is 16.8. The van der Waals surface area contributed by atoms with Crippen LogP contribution in [-0.4, -0.2) is 23.8 Å². The summed E-state index contributed by atoms with van der Waals surface area (Å²) in [5, 5.41) is 4.70. The molecule has 1 aliphatic heterocycles. The van der Waals surface area contributed by atoms with E-state index >= 15 is 0 Å². The molecular weight excluding hydrogens is 438 g/mol. The van der Waals surface area contributed by atoms with Crippen molar-refractivity contribution in [1.82, 2.24) is 4.90 Å². The number of rotatable bonds is 4. The summed E-state index contributed by atoms with van der Waals surface area (Å²) in [4.78, 5) is 16.2. The fourth-order valence-electron chi connectivity index (χ4n) is 5.19. The molecule has 1 saturated heterocycles. The fourth-order valence-corrected chi connectivity index (χ4v) is 5.19. The second kappa shape index (κ2) is 9.77. The molecule has 6 rings (SSSR count). The number of Topliss-reactive ketones (excluding diaryl/α,β-unsaturated/α-hetero) is 1. The lowest BCUT2D eigenvalue weighted by molar-refractivity contribution is -0.113. The summed E-state index contributed by atoms with van der Waals surface area (Å²) in [6, 6.07) is 39.8. The highest BCUT2D eigenvalue weighted by Crippen LogP contribution is 2.28. The first-order valence-electron chi connectivity index (χ1n) is 12.4. The van der Waals surface area contributed by atoms with Crippen molar-refractivity contribution < 1.29 is 4.79 Å². The molecule has 1 fully saturated rings. The largest absolute Gasteiger partial charge is 0.290 e. The van der Waals surface area contributed by atoms with Crippen LogP contribution in [0.15, 0.2) is 126 Å². The zero-order valence-corrected chi connectivity index (χ0v) is 20.1. The molecule has 174 valence electrons. The van der Waals surface area contributed by atoms with Gasteiger partial charge in [-0.2, -0.15) is 0 Å². The van der Waals surface area contributed by atoms with Gasteiger partial charge in [0.2, 0.25) is 0 Å². The number of hydrogen-bond donors (Lipinski definition) is 0. The van der Waals surface area contributed by atoms with Crippen LogP contribution in [0.5, 0.6) is 0 Å². The Labute approximate surface area is 211 Å². The van der Waals surface area contributed by atoms with Crippen LogP contribution in [0.3, 0.4) is 0 Å². The van der Waals surface area contributed by atoms with Gasteiger partial charge in [-0.25, -0.2) is 0 Å². The van der Waals surface area contributed by atoms with Gasteiger partial charge in [-0.05, 0) is 50.4 Å². The van der Waals surface area contributed by atoms with Crippen LogP contribution >= 0.6 is 0 Å². The number of carbonyl (C=O) groups is 1. The number of fused-ring (bicyclic) bond motifs is 2. The molecule has 0 amide bonds. The highest BCUT2D eigenvalue weighted by Gasteiger charge is 2.26. The molecule has 0 N–H and O–H groups in total. The lowest BCUT2D eigenvalue weighted by Gasteiger charge is -2.30. The second-order valence-electron chi connectivity index (χ2n) is 9.44. The van der Waals surface area contributed by atoms with E-state index in [9.17, 15) is 4.79 Å². The second-order valence-corrected chi connectivity index (χ2v) is 9.44. The van der Waals surface area contributed by atoms with Crippen molar-refractivity contribution in [2.45, 2.75) is 6.54 Å². The Hall–Kier alpha value is -4.27. The van der Waals surface area contributed by atoms with Crippen molar-refractivity contribution in [3.05, 3.63) is 143 Å². The highest BCUT2D eigenvalue weighted by atomic mass is 16.1. The third-order valence-corrected chi connectivity index (χ3v) is 6.93. The van der Waals surface area contributed by atoms with Crippen molar-refractivity contribution in [2.24, 2.45) is 0 Å². The average Bonchev–Trinajstić information content (AvgIpc) is 2.92. The molecule has 5 aromatic carbocycles. The van der Waals surface area contributed by atoms with E-state index in [1.807, 2.05) is 6.07 Å². The highest BCUT2D eigenvalue weighted by molar-refractivity contribution is 6.16. The Morgan fingerprint density at radius 1 is 0.556 bits per heavy atom. The van der Waals surface area contributed by atoms with Crippen LogP contribution in [0.2, 0.25) is 0 Å². The maximum atomic E-state index is 13.8. The molecule has 0 aliphatic carbocycles. The maximum absolute atomic E-state index is 13.8. The maximum Gasteiger partial charge on any atom is 0.187 e. The SMILES string of the molecule is O=C1/C(=C\c2cccc3ccccc23)CN(Cc2ccccc2)C/C1=C\c1cccc2ccccc12. The first-order valence-corrected chi connectivity index (χ1v) is 12.4. The van der Waals surface area contributed by atoms with E-state index in [0.29, 0.717) is 13.1 Å². The molecule has 0 aromatic heterocycles. The molecule has 0 unspecified atom stereocenters. The van der Waals surface area contributed by atoms with Crippen LogP contribution in [0.4, 0.5) is 0 Å². The summed E-state index contributed by atoms with van der Waals surface area (Å²) >= 11 is 0. The number of piperidine rings is 1. The molecule has 36 heavy (non-hydrogen) atoms. The summed E-state index contributed by atoms with van der Waals surface area (Å²) in [5.41, 5.74) is 5.09. The Kier molecular flexibility index (Phi) is 6.03. The van der Waals surface area contributed by atoms with Gasteiger partial charge in [-0.1, -0.05) is 115 Å². The Morgan fingerprint density at radius 3 is 1.58 bits per heavy atom. The molecule has 1 heterocycles. The van der Waals surface area contributed by atoms with Crippen LogP contribution in [0.1, 0.15) is 16.7 Å². The predicted octanol–water partition coefficient (Wildman–Crippen LogP) is 7.54. The number of hydrogen-bond acceptors (Lipinski definition) is 2. The van der Waals surface area contributed by atoms with Gasteiger partial charge < -0.3 is 0 Å². The molecule has 0 bridgehead atoms. The van der Waals surface area contributed by atoms with E-state index in [0.717, 1.165) is 28.8 Å². The van der Waals surface area contributed by atoms with Crippen molar-refractivity contribution in [3.8, 4) is 0 Å². The predicted molar refractivity (Wildman–Crippen MR) is 151 cm³/mol. The van der Waals surface area contributed by atoms with E-state index in [-0.39, 0.29) is 5.78 Å². The van der Waals surface area contributed by atoms with Crippen molar-refractivity contribution >= 4 is 39.5 Å². The monoisotopic (exact) mass is 465 g/mol. The van der Waals surface area contributed by atoms with Crippen molar-refractivity contribution in [3.63, 3.8) is 0 Å². The Balaban J connectivity index is 1.44. The Morgan fingerprint density at radius 2 is 1.03 bits per heavy atom. The van der Waals surface area contributed by atoms with Gasteiger partial charge in [-0.3, -0.25) is 9.69 Å². The minimum Gasteiger partial charge on any atom is -0.290 e. The molecule has 2 heteroatoms. The van der Waals surface area contributed by atoms with Crippen LogP contribution < -0.4 is 0 Å². The number of likely N-dealkylation sites (tertiary alicyclic amines) is 1. The van der Waals surface area contributed by atoms with E-state index in [4.69, 9.17) is 0 Å². The third kappa shape index (κ3) is 4.51. The number of carbonyl (C=O) groups excluding carboxylic acids is 1. The first-order chi connectivity index (χ1) is 17.7. The minimum absolute atomic E-state index is 0.139. The van der Waals surface area contributed by atoms with Gasteiger partial charge in [-0.15, -0.1) is 0 Å². The summed E-state index contributed by atoms with van der Waals surface area (Å²) in [5.74, 6) is 0.139. The standard InChI is InChI=1S/C34H27NO/c36-34-30(20-28-16-8-14-26-12-4-6-18-32(26)28)23-35(22-25-10-2-1-3-11-25)24-31(34)21-29-17-9-15-27-13-5-7-19-33(27)29/h1-21H,22-24H2/b30-20-,31-21+. The number of nitrogens with zero attached hydrogens (tertiary/aromatic N) is 1. The van der Waals surface area contributed by atoms with E-state index in [1.165, 1.54) is 27.1 Å². The van der Waals surface area contributed by atoms with E-state index in [2.05, 4.69) is 126 Å². The molecule has 0 radical (unpaired) electrons. The lowest BCUT2D eigenvalue weighted by Crippen LogP contribution is -2.37. The van der Waals surface area contributed by atoms with Gasteiger partial charge in [0.15, 0.2) is 5.78 Å². The van der Waals surface area contributed by atoms with E-state index < -0.39 is 0 Å². The minimum atomic E-state index is 0.139. The zero-order valence-electron chi connectivity index (χ0n) is 20.1. The third-order valence-electron chi connectivity index (χ3n) is 6.93. The van der Waals surface area contributed by atoms with Gasteiger partial charge in [0.25, 0.3) is 0 Å². The molecule has 5 aromatic rings. The average molecular weight is 466 g/mol. The van der Waals surface area contributed by atoms with Gasteiger partial charge in [0, 0.05) is 30.8 Å². The summed E-state index contributed by atoms with van der Waals surface area (Å²) < 4.78 is 0. The van der Waals surface area contributed by atoms with Crippen molar-refractivity contribution in [2.75, 3.05) is 13.1 Å². The van der Waals surface area contributed by atoms with Gasteiger partial charge in [0.1, 0.15) is 0 Å². The first kappa shape index (κ1) is 22.2. The van der Waals surface area contributed by atoms with Crippen LogP contribution in [0.25, 0.3) is 33.7 Å². The van der Waals surface area contributed by atoms with E-state index in [1.54, 1.807) is 0 Å². The molecule has 0 spiro atoms. The molecule has 1 aliphatic rings. The van der Waals surface area contributed by atoms with Gasteiger partial charge >= 0.3 is 0 Å². The topological polar surface area (TPSA) is 20.3 Å². The molecule has 0 atom stereocenters. The van der Waals surface area contributed by atoms with Crippen LogP contribution in [-0.2, 0) is 11.3 Å². The smallest absolute Gasteiger partial charge is 0.187 e. The summed E-state index contributed by atoms with van der Waals surface area (Å²) in [6.45, 7) is 2.06. The van der Waals surface area contributed by atoms with Crippen molar-refractivity contribution in [1.29, 1.82) is 0 Å². The van der Waals surface area contributed by atoms with Gasteiger partial charge in [0.05, 0.1) is 0 Å². The zero-order chi connectivity index (χ0) is 24.3. The molecular formula is C34H27NO. The summed E-state index contributed by atoms with van der Waals surface area (Å²) in [6.07, 6.45) is 4.19.